The monoisotopic (exact) mass is 381 g/mol. The largest absolute Gasteiger partial charge is 0.461 e. The summed E-state index contributed by atoms with van der Waals surface area (Å²) in [5, 5.41) is 8.67. The first-order chi connectivity index (χ1) is 12.1. The van der Waals surface area contributed by atoms with Gasteiger partial charge in [0.2, 0.25) is 0 Å². The molecule has 0 radical (unpaired) electrons. The second-order valence-electron chi connectivity index (χ2n) is 5.43. The van der Waals surface area contributed by atoms with Crippen LogP contribution < -0.4 is 5.32 Å². The molecule has 0 bridgehead atoms. The maximum absolute atomic E-state index is 11.7. The summed E-state index contributed by atoms with van der Waals surface area (Å²) >= 11 is 2.90. The summed E-state index contributed by atoms with van der Waals surface area (Å²) in [5.41, 5.74) is 0.705. The van der Waals surface area contributed by atoms with Crippen LogP contribution in [0.2, 0.25) is 0 Å². The first-order valence-electron chi connectivity index (χ1n) is 8.13. The summed E-state index contributed by atoms with van der Waals surface area (Å²) in [5.74, 6) is -0.780. The zero-order chi connectivity index (χ0) is 17.8. The van der Waals surface area contributed by atoms with Gasteiger partial charge in [-0.1, -0.05) is 0 Å². The van der Waals surface area contributed by atoms with Crippen molar-refractivity contribution in [3.63, 3.8) is 0 Å². The number of hydrogen-bond acceptors (Lipinski definition) is 9. The van der Waals surface area contributed by atoms with Crippen molar-refractivity contribution in [3.05, 3.63) is 32.2 Å². The molecule has 0 spiro atoms. The lowest BCUT2D eigenvalue weighted by atomic mass is 10.2. The molecule has 2 aromatic heterocycles. The van der Waals surface area contributed by atoms with Gasteiger partial charge >= 0.3 is 11.9 Å². The second-order valence-corrected chi connectivity index (χ2v) is 7.21. The molecule has 7 nitrogen and oxygen atoms in total. The Morgan fingerprint density at radius 2 is 1.44 bits per heavy atom. The van der Waals surface area contributed by atoms with E-state index in [1.807, 2.05) is 0 Å². The SMILES string of the molecule is CCOC(=O)c1csc([C@@H]2CC[C@H](c3nc(C(=O)OCC)cs3)N2)n1. The van der Waals surface area contributed by atoms with Crippen LogP contribution in [0.5, 0.6) is 0 Å². The zero-order valence-corrected chi connectivity index (χ0v) is 15.6. The lowest BCUT2D eigenvalue weighted by molar-refractivity contribution is 0.0511. The van der Waals surface area contributed by atoms with Gasteiger partial charge in [0.25, 0.3) is 0 Å². The third kappa shape index (κ3) is 4.05. The van der Waals surface area contributed by atoms with E-state index in [2.05, 4.69) is 15.3 Å². The van der Waals surface area contributed by atoms with Gasteiger partial charge < -0.3 is 9.47 Å². The molecule has 1 aliphatic rings. The molecule has 0 saturated carbocycles. The highest BCUT2D eigenvalue weighted by Gasteiger charge is 2.31. The van der Waals surface area contributed by atoms with E-state index in [9.17, 15) is 9.59 Å². The van der Waals surface area contributed by atoms with E-state index in [0.29, 0.717) is 24.6 Å². The number of ether oxygens (including phenoxy) is 2. The normalized spacial score (nSPS) is 19.8. The van der Waals surface area contributed by atoms with Crippen LogP contribution in [0.25, 0.3) is 0 Å². The van der Waals surface area contributed by atoms with Gasteiger partial charge in [-0.3, -0.25) is 5.32 Å². The smallest absolute Gasteiger partial charge is 0.357 e. The van der Waals surface area contributed by atoms with Crippen molar-refractivity contribution in [2.45, 2.75) is 38.8 Å². The van der Waals surface area contributed by atoms with Crippen LogP contribution >= 0.6 is 22.7 Å². The van der Waals surface area contributed by atoms with E-state index in [-0.39, 0.29) is 12.1 Å². The summed E-state index contributed by atoms with van der Waals surface area (Å²) in [6, 6.07) is 0.154. The van der Waals surface area contributed by atoms with Crippen molar-refractivity contribution in [2.75, 3.05) is 13.2 Å². The molecule has 134 valence electrons. The molecule has 0 amide bonds. The summed E-state index contributed by atoms with van der Waals surface area (Å²) in [7, 11) is 0. The highest BCUT2D eigenvalue weighted by Crippen LogP contribution is 2.36. The Bertz CT molecular complexity index is 696. The van der Waals surface area contributed by atoms with Gasteiger partial charge in [-0.15, -0.1) is 22.7 Å². The molecule has 1 aliphatic heterocycles. The highest BCUT2D eigenvalue weighted by atomic mass is 32.1. The molecule has 3 rings (SSSR count). The molecule has 25 heavy (non-hydrogen) atoms. The van der Waals surface area contributed by atoms with E-state index < -0.39 is 11.9 Å². The van der Waals surface area contributed by atoms with Crippen molar-refractivity contribution < 1.29 is 19.1 Å². The molecule has 2 atom stereocenters. The van der Waals surface area contributed by atoms with Crippen molar-refractivity contribution in [2.24, 2.45) is 0 Å². The third-order valence-corrected chi connectivity index (χ3v) is 5.67. The van der Waals surface area contributed by atoms with E-state index >= 15 is 0 Å². The van der Waals surface area contributed by atoms with E-state index in [4.69, 9.17) is 9.47 Å². The quantitative estimate of drug-likeness (QED) is 0.769. The number of rotatable bonds is 6. The van der Waals surface area contributed by atoms with Crippen molar-refractivity contribution >= 4 is 34.6 Å². The van der Waals surface area contributed by atoms with Crippen LogP contribution in [0.15, 0.2) is 10.8 Å². The summed E-state index contributed by atoms with van der Waals surface area (Å²) in [6.45, 7) is 4.21. The van der Waals surface area contributed by atoms with Crippen molar-refractivity contribution in [1.82, 2.24) is 15.3 Å². The Hall–Kier alpha value is -1.84. The molecule has 1 N–H and O–H groups in total. The lowest BCUT2D eigenvalue weighted by Gasteiger charge is -2.10. The maximum Gasteiger partial charge on any atom is 0.357 e. The zero-order valence-electron chi connectivity index (χ0n) is 14.0. The Morgan fingerprint density at radius 1 is 1.00 bits per heavy atom. The van der Waals surface area contributed by atoms with Gasteiger partial charge in [-0.25, -0.2) is 19.6 Å². The first kappa shape index (κ1) is 18.0. The number of nitrogens with one attached hydrogen (secondary N) is 1. The molecule has 0 unspecified atom stereocenters. The van der Waals surface area contributed by atoms with Gasteiger partial charge in [0.1, 0.15) is 10.0 Å². The average Bonchev–Trinajstić information content (AvgIpc) is 3.33. The van der Waals surface area contributed by atoms with E-state index in [0.717, 1.165) is 22.9 Å². The van der Waals surface area contributed by atoms with Gasteiger partial charge in [-0.05, 0) is 26.7 Å². The molecule has 0 aliphatic carbocycles. The predicted octanol–water partition coefficient (Wildman–Crippen LogP) is 3.12. The van der Waals surface area contributed by atoms with Crippen LogP contribution in [-0.4, -0.2) is 35.1 Å². The van der Waals surface area contributed by atoms with Gasteiger partial charge in [0.05, 0.1) is 25.3 Å². The third-order valence-electron chi connectivity index (χ3n) is 3.76. The molecule has 2 aromatic rings. The fourth-order valence-corrected chi connectivity index (χ4v) is 4.39. The number of thiazole rings is 2. The Balaban J connectivity index is 1.64. The Morgan fingerprint density at radius 3 is 1.84 bits per heavy atom. The molecule has 1 fully saturated rings. The van der Waals surface area contributed by atoms with Crippen LogP contribution in [0.3, 0.4) is 0 Å². The van der Waals surface area contributed by atoms with E-state index in [1.165, 1.54) is 22.7 Å². The molecule has 1 saturated heterocycles. The number of nitrogens with zero attached hydrogens (tertiary/aromatic N) is 2. The minimum Gasteiger partial charge on any atom is -0.461 e. The number of carbonyl (C=O) groups excluding carboxylic acids is 2. The second kappa shape index (κ2) is 8.03. The van der Waals surface area contributed by atoms with E-state index in [1.54, 1.807) is 24.6 Å². The van der Waals surface area contributed by atoms with Crippen molar-refractivity contribution in [3.8, 4) is 0 Å². The molecule has 0 aromatic carbocycles. The molecule has 9 heteroatoms. The van der Waals surface area contributed by atoms with Crippen LogP contribution in [0.4, 0.5) is 0 Å². The number of aromatic nitrogens is 2. The number of esters is 2. The standard InChI is InChI=1S/C16H19N3O4S2/c1-3-22-15(20)11-7-24-13(18-11)9-5-6-10(17-9)14-19-12(8-25-14)16(21)23-4-2/h7-10,17H,3-6H2,1-2H3/t9-,10+. The van der Waals surface area contributed by atoms with Gasteiger partial charge in [0, 0.05) is 10.8 Å². The topological polar surface area (TPSA) is 90.4 Å². The van der Waals surface area contributed by atoms with Crippen LogP contribution in [0.1, 0.15) is 69.8 Å². The van der Waals surface area contributed by atoms with Crippen LogP contribution in [-0.2, 0) is 9.47 Å². The summed E-state index contributed by atoms with van der Waals surface area (Å²) in [6.07, 6.45) is 1.80. The fourth-order valence-electron chi connectivity index (χ4n) is 2.63. The fraction of sp³-hybridized carbons (Fsp3) is 0.500. The maximum atomic E-state index is 11.7. The minimum atomic E-state index is -0.390. The van der Waals surface area contributed by atoms with Crippen molar-refractivity contribution in [1.29, 1.82) is 0 Å². The average molecular weight is 381 g/mol. The van der Waals surface area contributed by atoms with Crippen LogP contribution in [0, 0.1) is 0 Å². The van der Waals surface area contributed by atoms with Gasteiger partial charge in [-0.2, -0.15) is 0 Å². The summed E-state index contributed by atoms with van der Waals surface area (Å²) < 4.78 is 9.94. The summed E-state index contributed by atoms with van der Waals surface area (Å²) in [4.78, 5) is 32.2. The molecule has 3 heterocycles. The number of hydrogen-bond donors (Lipinski definition) is 1. The van der Waals surface area contributed by atoms with Gasteiger partial charge in [0.15, 0.2) is 11.4 Å². The minimum absolute atomic E-state index is 0.0770. The number of carbonyl (C=O) groups is 2. The molecular weight excluding hydrogens is 362 g/mol. The molecular formula is C16H19N3O4S2. The Labute approximate surface area is 153 Å². The lowest BCUT2D eigenvalue weighted by Crippen LogP contribution is -2.18. The first-order valence-corrected chi connectivity index (χ1v) is 9.89. The Kier molecular flexibility index (Phi) is 5.77. The predicted molar refractivity (Wildman–Crippen MR) is 94.0 cm³/mol. The highest BCUT2D eigenvalue weighted by molar-refractivity contribution is 7.10.